The monoisotopic (exact) mass is 347 g/mol. The van der Waals surface area contributed by atoms with E-state index in [4.69, 9.17) is 8.94 Å². The molecule has 1 amide bonds. The molecule has 3 aromatic heterocycles. The van der Waals surface area contributed by atoms with Gasteiger partial charge in [-0.05, 0) is 30.5 Å². The van der Waals surface area contributed by atoms with Gasteiger partial charge in [-0.2, -0.15) is 16.3 Å². The molecule has 3 aromatic rings. The lowest BCUT2D eigenvalue weighted by Crippen LogP contribution is -2.38. The molecule has 0 fully saturated rings. The van der Waals surface area contributed by atoms with Crippen molar-refractivity contribution in [2.24, 2.45) is 0 Å². The molecule has 0 radical (unpaired) electrons. The number of hydrogen-bond donors (Lipinski definition) is 2. The van der Waals surface area contributed by atoms with E-state index in [0.29, 0.717) is 23.9 Å². The molecule has 0 bridgehead atoms. The number of carbonyl (C=O) groups is 1. The summed E-state index contributed by atoms with van der Waals surface area (Å²) >= 11 is 1.55. The molecule has 3 heterocycles. The van der Waals surface area contributed by atoms with Crippen LogP contribution in [0.2, 0.25) is 0 Å². The van der Waals surface area contributed by atoms with Crippen molar-refractivity contribution in [2.45, 2.75) is 25.4 Å². The number of carbonyl (C=O) groups excluding carboxylic acids is 1. The Hall–Kier alpha value is -2.45. The van der Waals surface area contributed by atoms with Crippen LogP contribution in [0.25, 0.3) is 11.4 Å². The van der Waals surface area contributed by atoms with Crippen molar-refractivity contribution < 1.29 is 18.8 Å². The fourth-order valence-electron chi connectivity index (χ4n) is 2.12. The molecule has 0 aliphatic heterocycles. The number of nitrogens with zero attached hydrogens (tertiary/aromatic N) is 2. The van der Waals surface area contributed by atoms with Crippen molar-refractivity contribution in [1.82, 2.24) is 15.5 Å². The summed E-state index contributed by atoms with van der Waals surface area (Å²) in [6.07, 6.45) is 2.01. The van der Waals surface area contributed by atoms with Crippen LogP contribution in [0.4, 0.5) is 0 Å². The van der Waals surface area contributed by atoms with Crippen LogP contribution in [0.5, 0.6) is 0 Å². The van der Waals surface area contributed by atoms with E-state index in [-0.39, 0.29) is 18.9 Å². The van der Waals surface area contributed by atoms with E-state index in [1.165, 1.54) is 6.26 Å². The number of thiophene rings is 1. The first-order valence-corrected chi connectivity index (χ1v) is 8.37. The van der Waals surface area contributed by atoms with E-state index in [1.807, 2.05) is 16.8 Å². The highest BCUT2D eigenvalue weighted by Gasteiger charge is 2.26. The number of aryl methyl sites for hydroxylation is 1. The Bertz CT molecular complexity index is 778. The van der Waals surface area contributed by atoms with Crippen LogP contribution in [-0.4, -0.2) is 27.7 Å². The largest absolute Gasteiger partial charge is 0.466 e. The van der Waals surface area contributed by atoms with Gasteiger partial charge in [-0.1, -0.05) is 5.16 Å². The molecule has 8 heteroatoms. The van der Waals surface area contributed by atoms with E-state index >= 15 is 0 Å². The molecule has 1 unspecified atom stereocenters. The topological polar surface area (TPSA) is 101 Å². The maximum Gasteiger partial charge on any atom is 0.227 e. The lowest BCUT2D eigenvalue weighted by Gasteiger charge is -2.21. The van der Waals surface area contributed by atoms with Gasteiger partial charge in [0.1, 0.15) is 11.4 Å². The molecule has 0 aliphatic carbocycles. The predicted molar refractivity (Wildman–Crippen MR) is 87.2 cm³/mol. The van der Waals surface area contributed by atoms with Gasteiger partial charge < -0.3 is 19.4 Å². The third-order valence-corrected chi connectivity index (χ3v) is 4.18. The molecule has 0 saturated carbocycles. The van der Waals surface area contributed by atoms with E-state index in [0.717, 1.165) is 5.56 Å². The van der Waals surface area contributed by atoms with Gasteiger partial charge in [-0.3, -0.25) is 4.79 Å². The lowest BCUT2D eigenvalue weighted by atomic mass is 10.0. The van der Waals surface area contributed by atoms with Crippen LogP contribution < -0.4 is 5.32 Å². The van der Waals surface area contributed by atoms with Crippen molar-refractivity contribution in [3.8, 4) is 11.4 Å². The second-order valence-corrected chi connectivity index (χ2v) is 6.33. The summed E-state index contributed by atoms with van der Waals surface area (Å²) in [5, 5.41) is 20.7. The standard InChI is InChI=1S/C16H17N3O4S/c1-16(21,12-3-2-7-22-12)10-17-13(20)4-5-14-18-15(19-23-14)11-6-8-24-9-11/h2-3,6-9,21H,4-5,10H2,1H3,(H,17,20). The molecule has 0 aliphatic rings. The predicted octanol–water partition coefficient (Wildman–Crippen LogP) is 2.35. The molecule has 3 rings (SSSR count). The SMILES string of the molecule is CC(O)(CNC(=O)CCc1nc(-c2ccsc2)no1)c1ccco1. The van der Waals surface area contributed by atoms with E-state index < -0.39 is 5.60 Å². The van der Waals surface area contributed by atoms with Crippen LogP contribution in [0.3, 0.4) is 0 Å². The zero-order chi connectivity index (χ0) is 17.0. The van der Waals surface area contributed by atoms with Crippen molar-refractivity contribution in [2.75, 3.05) is 6.54 Å². The van der Waals surface area contributed by atoms with Crippen molar-refractivity contribution in [1.29, 1.82) is 0 Å². The maximum absolute atomic E-state index is 11.9. The summed E-state index contributed by atoms with van der Waals surface area (Å²) in [6, 6.07) is 5.26. The molecule has 126 valence electrons. The van der Waals surface area contributed by atoms with E-state index in [1.54, 1.807) is 30.4 Å². The fraction of sp³-hybridized carbons (Fsp3) is 0.312. The van der Waals surface area contributed by atoms with Crippen molar-refractivity contribution >= 4 is 17.2 Å². The first kappa shape index (κ1) is 16.4. The average Bonchev–Trinajstić information content (AvgIpc) is 3.32. The number of amides is 1. The lowest BCUT2D eigenvalue weighted by molar-refractivity contribution is -0.122. The number of hydrogen-bond acceptors (Lipinski definition) is 7. The van der Waals surface area contributed by atoms with Gasteiger partial charge in [0.05, 0.1) is 12.8 Å². The van der Waals surface area contributed by atoms with Gasteiger partial charge in [-0.15, -0.1) is 0 Å². The molecule has 2 N–H and O–H groups in total. The first-order chi connectivity index (χ1) is 11.5. The first-order valence-electron chi connectivity index (χ1n) is 7.43. The summed E-state index contributed by atoms with van der Waals surface area (Å²) in [5.74, 6) is 1.12. The molecule has 0 saturated heterocycles. The summed E-state index contributed by atoms with van der Waals surface area (Å²) in [5.41, 5.74) is -0.357. The van der Waals surface area contributed by atoms with Gasteiger partial charge in [0.2, 0.25) is 17.6 Å². The number of aromatic nitrogens is 2. The molecule has 0 spiro atoms. The third kappa shape index (κ3) is 3.90. The Balaban J connectivity index is 1.48. The molecular formula is C16H17N3O4S. The van der Waals surface area contributed by atoms with E-state index in [2.05, 4.69) is 15.5 Å². The van der Waals surface area contributed by atoms with Crippen molar-refractivity contribution in [3.05, 3.63) is 46.9 Å². The number of rotatable bonds is 7. The molecular weight excluding hydrogens is 330 g/mol. The second-order valence-electron chi connectivity index (χ2n) is 5.55. The maximum atomic E-state index is 11.9. The molecule has 0 aromatic carbocycles. The van der Waals surface area contributed by atoms with Crippen LogP contribution in [0.15, 0.2) is 44.2 Å². The van der Waals surface area contributed by atoms with Crippen molar-refractivity contribution in [3.63, 3.8) is 0 Å². The van der Waals surface area contributed by atoms with Crippen LogP contribution in [0.1, 0.15) is 25.0 Å². The summed E-state index contributed by atoms with van der Waals surface area (Å²) in [7, 11) is 0. The Kier molecular flexibility index (Phi) is 4.77. The third-order valence-electron chi connectivity index (χ3n) is 3.50. The fourth-order valence-corrected chi connectivity index (χ4v) is 2.75. The van der Waals surface area contributed by atoms with Crippen LogP contribution in [-0.2, 0) is 16.8 Å². The van der Waals surface area contributed by atoms with Gasteiger partial charge in [0, 0.05) is 23.8 Å². The normalized spacial score (nSPS) is 13.6. The van der Waals surface area contributed by atoms with Gasteiger partial charge in [0.15, 0.2) is 0 Å². The van der Waals surface area contributed by atoms with Crippen LogP contribution in [0, 0.1) is 0 Å². The van der Waals surface area contributed by atoms with Crippen LogP contribution >= 0.6 is 11.3 Å². The zero-order valence-corrected chi connectivity index (χ0v) is 13.9. The summed E-state index contributed by atoms with van der Waals surface area (Å²) < 4.78 is 10.3. The quantitative estimate of drug-likeness (QED) is 0.680. The number of nitrogens with one attached hydrogen (secondary N) is 1. The van der Waals surface area contributed by atoms with Gasteiger partial charge >= 0.3 is 0 Å². The Morgan fingerprint density at radius 1 is 1.46 bits per heavy atom. The molecule has 1 atom stereocenters. The minimum absolute atomic E-state index is 0.0589. The van der Waals surface area contributed by atoms with Gasteiger partial charge in [-0.25, -0.2) is 0 Å². The Morgan fingerprint density at radius 2 is 2.33 bits per heavy atom. The number of aliphatic hydroxyl groups is 1. The minimum Gasteiger partial charge on any atom is -0.466 e. The highest BCUT2D eigenvalue weighted by atomic mass is 32.1. The van der Waals surface area contributed by atoms with E-state index in [9.17, 15) is 9.90 Å². The smallest absolute Gasteiger partial charge is 0.227 e. The molecule has 7 nitrogen and oxygen atoms in total. The zero-order valence-electron chi connectivity index (χ0n) is 13.1. The van der Waals surface area contributed by atoms with Gasteiger partial charge in [0.25, 0.3) is 0 Å². The number of furan rings is 1. The summed E-state index contributed by atoms with van der Waals surface area (Å²) in [4.78, 5) is 16.2. The highest BCUT2D eigenvalue weighted by molar-refractivity contribution is 7.08. The average molecular weight is 347 g/mol. The highest BCUT2D eigenvalue weighted by Crippen LogP contribution is 2.20. The minimum atomic E-state index is -1.25. The second kappa shape index (κ2) is 6.98. The Labute approximate surface area is 142 Å². The molecule has 24 heavy (non-hydrogen) atoms. The Morgan fingerprint density at radius 3 is 3.04 bits per heavy atom. The summed E-state index contributed by atoms with van der Waals surface area (Å²) in [6.45, 7) is 1.64.